The molecular weight excluding hydrogens is 389 g/mol. The highest BCUT2D eigenvalue weighted by molar-refractivity contribution is 7.07. The summed E-state index contributed by atoms with van der Waals surface area (Å²) in [5.74, 6) is -0.490. The van der Waals surface area contributed by atoms with E-state index in [1.54, 1.807) is 47.2 Å². The number of carbonyl (C=O) groups excluding carboxylic acids is 2. The zero-order valence-corrected chi connectivity index (χ0v) is 16.6. The molecule has 7 heteroatoms. The third kappa shape index (κ3) is 4.51. The van der Waals surface area contributed by atoms with Gasteiger partial charge in [-0.15, -0.1) is 11.3 Å². The van der Waals surface area contributed by atoms with Crippen LogP contribution in [0.1, 0.15) is 34.3 Å². The summed E-state index contributed by atoms with van der Waals surface area (Å²) in [4.78, 5) is 31.1. The number of hydrogen-bond acceptors (Lipinski definition) is 3. The van der Waals surface area contributed by atoms with E-state index in [2.05, 4.69) is 4.99 Å². The molecule has 1 fully saturated rings. The largest absolute Gasteiger partial charge is 0.338 e. The Morgan fingerprint density at radius 1 is 1.14 bits per heavy atom. The Morgan fingerprint density at radius 3 is 2.79 bits per heavy atom. The van der Waals surface area contributed by atoms with Crippen LogP contribution in [-0.4, -0.2) is 27.8 Å². The molecule has 1 saturated heterocycles. The van der Waals surface area contributed by atoms with Gasteiger partial charge in [0.1, 0.15) is 5.82 Å². The minimum Gasteiger partial charge on any atom is -0.338 e. The lowest BCUT2D eigenvalue weighted by molar-refractivity contribution is -0.128. The van der Waals surface area contributed by atoms with Crippen LogP contribution in [0, 0.1) is 5.82 Å². The first-order chi connectivity index (χ1) is 14.1. The van der Waals surface area contributed by atoms with E-state index in [1.165, 1.54) is 17.4 Å². The zero-order valence-electron chi connectivity index (χ0n) is 15.8. The molecule has 2 aromatic carbocycles. The molecule has 2 heterocycles. The second kappa shape index (κ2) is 8.53. The lowest BCUT2D eigenvalue weighted by atomic mass is 10.1. The molecule has 0 radical (unpaired) electrons. The molecule has 1 aliphatic heterocycles. The first-order valence-electron chi connectivity index (χ1n) is 9.43. The molecule has 148 valence electrons. The van der Waals surface area contributed by atoms with Gasteiger partial charge in [0, 0.05) is 42.2 Å². The van der Waals surface area contributed by atoms with Crippen molar-refractivity contribution in [1.29, 1.82) is 0 Å². The third-order valence-corrected chi connectivity index (χ3v) is 5.67. The molecule has 0 unspecified atom stereocenters. The van der Waals surface area contributed by atoms with E-state index in [1.807, 2.05) is 16.3 Å². The van der Waals surface area contributed by atoms with E-state index in [0.29, 0.717) is 35.4 Å². The second-order valence-corrected chi connectivity index (χ2v) is 7.81. The average molecular weight is 409 g/mol. The van der Waals surface area contributed by atoms with Crippen molar-refractivity contribution >= 4 is 23.2 Å². The Labute approximate surface area is 171 Å². The Balaban J connectivity index is 1.54. The van der Waals surface area contributed by atoms with E-state index in [9.17, 15) is 14.0 Å². The van der Waals surface area contributed by atoms with Gasteiger partial charge < -0.3 is 9.47 Å². The zero-order chi connectivity index (χ0) is 20.2. The van der Waals surface area contributed by atoms with E-state index in [4.69, 9.17) is 0 Å². The number of nitrogens with zero attached hydrogens (tertiary/aromatic N) is 3. The van der Waals surface area contributed by atoms with Crippen molar-refractivity contribution in [3.63, 3.8) is 0 Å². The Bertz CT molecular complexity index is 1120. The number of likely N-dealkylation sites (tertiary alicyclic amines) is 1. The minimum absolute atomic E-state index is 0.152. The van der Waals surface area contributed by atoms with Crippen molar-refractivity contribution < 1.29 is 14.0 Å². The van der Waals surface area contributed by atoms with Crippen molar-refractivity contribution in [3.8, 4) is 0 Å². The molecule has 0 N–H and O–H groups in total. The van der Waals surface area contributed by atoms with Gasteiger partial charge in [-0.05, 0) is 30.2 Å². The average Bonchev–Trinajstić information content (AvgIpc) is 3.33. The maximum Gasteiger partial charge on any atom is 0.279 e. The molecule has 2 amide bonds. The Morgan fingerprint density at radius 2 is 2.00 bits per heavy atom. The predicted molar refractivity (Wildman–Crippen MR) is 109 cm³/mol. The van der Waals surface area contributed by atoms with Crippen LogP contribution < -0.4 is 4.80 Å². The van der Waals surface area contributed by atoms with Gasteiger partial charge in [-0.1, -0.05) is 30.3 Å². The van der Waals surface area contributed by atoms with Crippen LogP contribution in [-0.2, 0) is 17.9 Å². The summed E-state index contributed by atoms with van der Waals surface area (Å²) in [6, 6.07) is 13.8. The maximum absolute atomic E-state index is 13.9. The lowest BCUT2D eigenvalue weighted by Gasteiger charge is -2.15. The highest BCUT2D eigenvalue weighted by atomic mass is 32.1. The molecule has 0 atom stereocenters. The van der Waals surface area contributed by atoms with Crippen LogP contribution in [0.4, 0.5) is 4.39 Å². The number of thiazole rings is 1. The summed E-state index contributed by atoms with van der Waals surface area (Å²) in [5.41, 5.74) is 1.92. The van der Waals surface area contributed by atoms with Gasteiger partial charge in [0.05, 0.1) is 6.54 Å². The molecule has 1 aromatic heterocycles. The van der Waals surface area contributed by atoms with E-state index in [0.717, 1.165) is 18.5 Å². The fourth-order valence-electron chi connectivity index (χ4n) is 3.36. The molecule has 4 rings (SSSR count). The minimum atomic E-state index is -0.357. The van der Waals surface area contributed by atoms with Crippen molar-refractivity contribution in [3.05, 3.63) is 87.4 Å². The van der Waals surface area contributed by atoms with Gasteiger partial charge in [0.15, 0.2) is 4.80 Å². The smallest absolute Gasteiger partial charge is 0.279 e. The Kier molecular flexibility index (Phi) is 5.67. The molecule has 0 spiro atoms. The van der Waals surface area contributed by atoms with Crippen LogP contribution in [0.2, 0.25) is 0 Å². The van der Waals surface area contributed by atoms with Crippen LogP contribution in [0.15, 0.2) is 65.1 Å². The normalized spacial score (nSPS) is 14.6. The van der Waals surface area contributed by atoms with Crippen molar-refractivity contribution in [2.24, 2.45) is 4.99 Å². The van der Waals surface area contributed by atoms with Gasteiger partial charge in [-0.2, -0.15) is 4.99 Å². The summed E-state index contributed by atoms with van der Waals surface area (Å²) in [7, 11) is 0. The first kappa shape index (κ1) is 19.3. The second-order valence-electron chi connectivity index (χ2n) is 6.94. The third-order valence-electron chi connectivity index (χ3n) is 4.87. The molecule has 1 aliphatic rings. The number of amides is 2. The number of carbonyl (C=O) groups is 2. The number of hydrogen-bond donors (Lipinski definition) is 0. The van der Waals surface area contributed by atoms with E-state index in [-0.39, 0.29) is 17.6 Å². The molecule has 3 aromatic rings. The maximum atomic E-state index is 13.9. The highest BCUT2D eigenvalue weighted by Crippen LogP contribution is 2.15. The quantitative estimate of drug-likeness (QED) is 0.647. The topological polar surface area (TPSA) is 54.7 Å². The van der Waals surface area contributed by atoms with Crippen molar-refractivity contribution in [1.82, 2.24) is 9.47 Å². The lowest BCUT2D eigenvalue weighted by Crippen LogP contribution is -2.24. The molecule has 0 saturated carbocycles. The highest BCUT2D eigenvalue weighted by Gasteiger charge is 2.20. The van der Waals surface area contributed by atoms with Crippen LogP contribution in [0.3, 0.4) is 0 Å². The van der Waals surface area contributed by atoms with E-state index >= 15 is 0 Å². The molecule has 5 nitrogen and oxygen atoms in total. The predicted octanol–water partition coefficient (Wildman–Crippen LogP) is 3.60. The van der Waals surface area contributed by atoms with Gasteiger partial charge in [0.25, 0.3) is 5.91 Å². The summed E-state index contributed by atoms with van der Waals surface area (Å²) in [5, 5.41) is 1.82. The van der Waals surface area contributed by atoms with Gasteiger partial charge >= 0.3 is 0 Å². The number of aromatic nitrogens is 1. The molecule has 29 heavy (non-hydrogen) atoms. The summed E-state index contributed by atoms with van der Waals surface area (Å²) in [6.45, 7) is 1.57. The first-order valence-corrected chi connectivity index (χ1v) is 10.3. The number of rotatable bonds is 5. The molecular formula is C22H20FN3O2S. The summed E-state index contributed by atoms with van der Waals surface area (Å²) < 4.78 is 15.7. The van der Waals surface area contributed by atoms with Crippen LogP contribution in [0.25, 0.3) is 0 Å². The number of benzene rings is 2. The van der Waals surface area contributed by atoms with Crippen LogP contribution in [0.5, 0.6) is 0 Å². The number of halogens is 1. The Hall–Kier alpha value is -3.06. The standard InChI is InChI=1S/C22H20FN3O2S/c23-19-8-2-1-6-18(19)15-26-11-12-29-22(26)24-21(28)17-7-3-5-16(13-17)14-25-10-4-9-20(25)27/h1-3,5-8,11-13H,4,9-10,14-15H2. The SMILES string of the molecule is O=C(N=c1sccn1Cc1ccccc1F)c1cccc(CN2CCCC2=O)c1. The molecule has 0 aliphatic carbocycles. The van der Waals surface area contributed by atoms with Gasteiger partial charge in [-0.3, -0.25) is 9.59 Å². The monoisotopic (exact) mass is 409 g/mol. The van der Waals surface area contributed by atoms with Crippen molar-refractivity contribution in [2.75, 3.05) is 6.54 Å². The van der Waals surface area contributed by atoms with Crippen molar-refractivity contribution in [2.45, 2.75) is 25.9 Å². The van der Waals surface area contributed by atoms with Gasteiger partial charge in [-0.25, -0.2) is 4.39 Å². The van der Waals surface area contributed by atoms with Crippen LogP contribution >= 0.6 is 11.3 Å². The fraction of sp³-hybridized carbons (Fsp3) is 0.227. The molecule has 0 bridgehead atoms. The van der Waals surface area contributed by atoms with E-state index < -0.39 is 0 Å². The van der Waals surface area contributed by atoms with Gasteiger partial charge in [0.2, 0.25) is 5.91 Å². The fourth-order valence-corrected chi connectivity index (χ4v) is 4.09. The summed E-state index contributed by atoms with van der Waals surface area (Å²) >= 11 is 1.33. The summed E-state index contributed by atoms with van der Waals surface area (Å²) in [6.07, 6.45) is 3.26.